The van der Waals surface area contributed by atoms with Gasteiger partial charge in [-0.2, -0.15) is 0 Å². The maximum atomic E-state index is 9.65. The third-order valence-corrected chi connectivity index (χ3v) is 3.82. The van der Waals surface area contributed by atoms with Gasteiger partial charge in [-0.1, -0.05) is 6.42 Å². The van der Waals surface area contributed by atoms with Crippen molar-refractivity contribution >= 4 is 6.21 Å². The van der Waals surface area contributed by atoms with Crippen molar-refractivity contribution in [2.75, 3.05) is 26.7 Å². The second-order valence-corrected chi connectivity index (χ2v) is 5.45. The van der Waals surface area contributed by atoms with Crippen LogP contribution in [0.2, 0.25) is 0 Å². The van der Waals surface area contributed by atoms with Gasteiger partial charge in [0, 0.05) is 12.7 Å². The molecule has 0 bridgehead atoms. The molecule has 4 nitrogen and oxygen atoms in total. The average molecular weight is 275 g/mol. The predicted molar refractivity (Wildman–Crippen MR) is 82.6 cm³/mol. The molecule has 1 aromatic rings. The monoisotopic (exact) mass is 275 g/mol. The molecule has 0 amide bonds. The van der Waals surface area contributed by atoms with E-state index >= 15 is 0 Å². The molecule has 1 aliphatic rings. The van der Waals surface area contributed by atoms with Gasteiger partial charge >= 0.3 is 0 Å². The van der Waals surface area contributed by atoms with Crippen LogP contribution in [0, 0.1) is 0 Å². The van der Waals surface area contributed by atoms with Crippen LogP contribution < -0.4 is 0 Å². The lowest BCUT2D eigenvalue weighted by molar-refractivity contribution is 0.225. The van der Waals surface area contributed by atoms with Crippen LogP contribution in [0.15, 0.2) is 17.1 Å². The van der Waals surface area contributed by atoms with Gasteiger partial charge in [0.2, 0.25) is 0 Å². The number of pyridine rings is 1. The van der Waals surface area contributed by atoms with Gasteiger partial charge in [-0.15, -0.1) is 0 Å². The van der Waals surface area contributed by atoms with Crippen molar-refractivity contribution in [2.45, 2.75) is 38.5 Å². The Balaban J connectivity index is 1.74. The molecule has 1 saturated heterocycles. The lowest BCUT2D eigenvalue weighted by Gasteiger charge is -2.26. The van der Waals surface area contributed by atoms with Gasteiger partial charge in [-0.3, -0.25) is 4.99 Å². The van der Waals surface area contributed by atoms with E-state index in [2.05, 4.69) is 14.9 Å². The molecular formula is C16H25N3O. The molecule has 1 aliphatic heterocycles. The van der Waals surface area contributed by atoms with Gasteiger partial charge < -0.3 is 10.0 Å². The van der Waals surface area contributed by atoms with E-state index in [1.165, 1.54) is 45.3 Å². The normalized spacial score (nSPS) is 16.9. The van der Waals surface area contributed by atoms with Crippen LogP contribution in [0.3, 0.4) is 0 Å². The smallest absolute Gasteiger partial charge is 0.142 e. The fourth-order valence-electron chi connectivity index (χ4n) is 2.69. The number of hydrogen-bond donors (Lipinski definition) is 1. The molecule has 0 saturated carbocycles. The van der Waals surface area contributed by atoms with Crippen molar-refractivity contribution < 1.29 is 5.11 Å². The van der Waals surface area contributed by atoms with E-state index in [0.717, 1.165) is 18.5 Å². The van der Waals surface area contributed by atoms with Crippen molar-refractivity contribution in [2.24, 2.45) is 4.99 Å². The summed E-state index contributed by atoms with van der Waals surface area (Å²) in [4.78, 5) is 10.9. The zero-order valence-corrected chi connectivity index (χ0v) is 12.4. The number of unbranched alkanes of at least 4 members (excludes halogenated alkanes) is 1. The standard InChI is InChI=1S/C16H25N3O/c1-17-13-15-16(20)9-8-14(18-15)7-3-6-12-19-10-4-2-5-11-19/h8-9,13,20H,2-7,10-12H2,1H3/b17-13+. The van der Waals surface area contributed by atoms with E-state index in [1.54, 1.807) is 19.3 Å². The molecule has 2 rings (SSSR count). The number of nitrogens with zero attached hydrogens (tertiary/aromatic N) is 3. The fourth-order valence-corrected chi connectivity index (χ4v) is 2.69. The molecule has 0 radical (unpaired) electrons. The van der Waals surface area contributed by atoms with Crippen molar-refractivity contribution in [3.8, 4) is 5.75 Å². The summed E-state index contributed by atoms with van der Waals surface area (Å²) in [5, 5.41) is 9.65. The summed E-state index contributed by atoms with van der Waals surface area (Å²) < 4.78 is 0. The number of rotatable bonds is 6. The molecule has 0 aromatic carbocycles. The Labute approximate surface area is 121 Å². The maximum Gasteiger partial charge on any atom is 0.142 e. The van der Waals surface area contributed by atoms with Gasteiger partial charge in [0.25, 0.3) is 0 Å². The minimum Gasteiger partial charge on any atom is -0.506 e. The van der Waals surface area contributed by atoms with Crippen LogP contribution in [0.4, 0.5) is 0 Å². The van der Waals surface area contributed by atoms with Crippen molar-refractivity contribution in [1.29, 1.82) is 0 Å². The highest BCUT2D eigenvalue weighted by Crippen LogP contribution is 2.15. The predicted octanol–water partition coefficient (Wildman–Crippen LogP) is 2.64. The summed E-state index contributed by atoms with van der Waals surface area (Å²) in [5.41, 5.74) is 1.61. The molecule has 0 unspecified atom stereocenters. The van der Waals surface area contributed by atoms with E-state index in [9.17, 15) is 5.11 Å². The minimum absolute atomic E-state index is 0.202. The molecule has 20 heavy (non-hydrogen) atoms. The summed E-state index contributed by atoms with van der Waals surface area (Å²) in [6, 6.07) is 3.62. The minimum atomic E-state index is 0.202. The number of aromatic hydroxyl groups is 1. The first-order valence-corrected chi connectivity index (χ1v) is 7.63. The van der Waals surface area contributed by atoms with Crippen LogP contribution in [0.1, 0.15) is 43.5 Å². The highest BCUT2D eigenvalue weighted by Gasteiger charge is 2.09. The first-order chi connectivity index (χ1) is 9.79. The number of aliphatic imine (C=N–C) groups is 1. The van der Waals surface area contributed by atoms with E-state index < -0.39 is 0 Å². The first kappa shape index (κ1) is 15.0. The highest BCUT2D eigenvalue weighted by molar-refractivity contribution is 5.80. The van der Waals surface area contributed by atoms with E-state index in [0.29, 0.717) is 5.69 Å². The van der Waals surface area contributed by atoms with E-state index in [-0.39, 0.29) is 5.75 Å². The van der Waals surface area contributed by atoms with E-state index in [1.807, 2.05) is 6.07 Å². The molecule has 0 aliphatic carbocycles. The summed E-state index contributed by atoms with van der Waals surface area (Å²) in [6.07, 6.45) is 9.07. The van der Waals surface area contributed by atoms with Crippen molar-refractivity contribution in [1.82, 2.24) is 9.88 Å². The van der Waals surface area contributed by atoms with Crippen LogP contribution in [0.25, 0.3) is 0 Å². The number of aromatic nitrogens is 1. The van der Waals surface area contributed by atoms with E-state index in [4.69, 9.17) is 0 Å². The molecule has 0 spiro atoms. The third-order valence-electron chi connectivity index (χ3n) is 3.82. The second-order valence-electron chi connectivity index (χ2n) is 5.45. The zero-order chi connectivity index (χ0) is 14.2. The summed E-state index contributed by atoms with van der Waals surface area (Å²) in [6.45, 7) is 3.75. The lowest BCUT2D eigenvalue weighted by Crippen LogP contribution is -2.30. The summed E-state index contributed by atoms with van der Waals surface area (Å²) >= 11 is 0. The fraction of sp³-hybridized carbons (Fsp3) is 0.625. The molecule has 110 valence electrons. The molecule has 0 atom stereocenters. The summed E-state index contributed by atoms with van der Waals surface area (Å²) in [5.74, 6) is 0.202. The topological polar surface area (TPSA) is 48.7 Å². The largest absolute Gasteiger partial charge is 0.506 e. The number of hydrogen-bond acceptors (Lipinski definition) is 4. The van der Waals surface area contributed by atoms with Gasteiger partial charge in [-0.05, 0) is 63.9 Å². The Bertz CT molecular complexity index is 439. The Kier molecular flexibility index (Phi) is 5.99. The quantitative estimate of drug-likeness (QED) is 0.641. The second kappa shape index (κ2) is 8.00. The number of likely N-dealkylation sites (tertiary alicyclic amines) is 1. The Morgan fingerprint density at radius 2 is 2.05 bits per heavy atom. The van der Waals surface area contributed by atoms with Gasteiger partial charge in [0.05, 0.1) is 6.21 Å². The third kappa shape index (κ3) is 4.60. The molecule has 2 heterocycles. The van der Waals surface area contributed by atoms with Crippen molar-refractivity contribution in [3.63, 3.8) is 0 Å². The highest BCUT2D eigenvalue weighted by atomic mass is 16.3. The average Bonchev–Trinajstić information content (AvgIpc) is 2.48. The molecule has 1 aromatic heterocycles. The lowest BCUT2D eigenvalue weighted by atomic mass is 10.1. The van der Waals surface area contributed by atoms with Crippen LogP contribution >= 0.6 is 0 Å². The first-order valence-electron chi connectivity index (χ1n) is 7.63. The SMILES string of the molecule is C/N=C/c1nc(CCCCN2CCCCC2)ccc1O. The Morgan fingerprint density at radius 3 is 2.80 bits per heavy atom. The maximum absolute atomic E-state index is 9.65. The van der Waals surface area contributed by atoms with Crippen LogP contribution in [-0.2, 0) is 6.42 Å². The molecule has 4 heteroatoms. The Hall–Kier alpha value is -1.42. The Morgan fingerprint density at radius 1 is 1.25 bits per heavy atom. The molecular weight excluding hydrogens is 250 g/mol. The number of piperidine rings is 1. The summed E-state index contributed by atoms with van der Waals surface area (Å²) in [7, 11) is 1.69. The van der Waals surface area contributed by atoms with Gasteiger partial charge in [-0.25, -0.2) is 4.98 Å². The molecule has 1 fully saturated rings. The van der Waals surface area contributed by atoms with Crippen molar-refractivity contribution in [3.05, 3.63) is 23.5 Å². The van der Waals surface area contributed by atoms with Gasteiger partial charge in [0.1, 0.15) is 11.4 Å². The van der Waals surface area contributed by atoms with Crippen LogP contribution in [0.5, 0.6) is 5.75 Å². The molecule has 1 N–H and O–H groups in total. The number of aryl methyl sites for hydroxylation is 1. The zero-order valence-electron chi connectivity index (χ0n) is 12.4. The van der Waals surface area contributed by atoms with Crippen LogP contribution in [-0.4, -0.2) is 47.9 Å². The van der Waals surface area contributed by atoms with Gasteiger partial charge in [0.15, 0.2) is 0 Å².